The number of amides is 1. The van der Waals surface area contributed by atoms with E-state index in [4.69, 9.17) is 0 Å². The number of halogens is 1. The van der Waals surface area contributed by atoms with Crippen LogP contribution in [0.3, 0.4) is 0 Å². The lowest BCUT2D eigenvalue weighted by Gasteiger charge is -2.17. The van der Waals surface area contributed by atoms with Gasteiger partial charge in [-0.25, -0.2) is 12.8 Å². The number of hydrogen-bond donors (Lipinski definition) is 1. The average molecular weight is 364 g/mol. The monoisotopic (exact) mass is 364 g/mol. The third-order valence-corrected chi connectivity index (χ3v) is 5.54. The Morgan fingerprint density at radius 1 is 1.16 bits per heavy atom. The summed E-state index contributed by atoms with van der Waals surface area (Å²) in [6, 6.07) is 11.9. The van der Waals surface area contributed by atoms with Crippen molar-refractivity contribution in [2.45, 2.75) is 24.7 Å². The molecular weight excluding hydrogens is 343 g/mol. The van der Waals surface area contributed by atoms with E-state index in [-0.39, 0.29) is 11.4 Å². The Morgan fingerprint density at radius 2 is 1.80 bits per heavy atom. The SMILES string of the molecule is CC(C)c1cccc(NC(=O)CN(C)S(=O)(=O)c2ccc(F)cc2)c1. The lowest BCUT2D eigenvalue weighted by Crippen LogP contribution is -2.35. The molecule has 0 heterocycles. The first-order valence-electron chi connectivity index (χ1n) is 7.82. The van der Waals surface area contributed by atoms with Crippen molar-refractivity contribution in [2.24, 2.45) is 0 Å². The van der Waals surface area contributed by atoms with Gasteiger partial charge in [-0.1, -0.05) is 26.0 Å². The van der Waals surface area contributed by atoms with Crippen molar-refractivity contribution in [1.82, 2.24) is 4.31 Å². The average Bonchev–Trinajstić information content (AvgIpc) is 2.55. The van der Waals surface area contributed by atoms with E-state index in [1.807, 2.05) is 32.0 Å². The predicted octanol–water partition coefficient (Wildman–Crippen LogP) is 3.21. The highest BCUT2D eigenvalue weighted by Gasteiger charge is 2.23. The van der Waals surface area contributed by atoms with Crippen LogP contribution in [0.25, 0.3) is 0 Å². The second kappa shape index (κ2) is 7.76. The summed E-state index contributed by atoms with van der Waals surface area (Å²) in [5.74, 6) is -0.656. The number of carbonyl (C=O) groups excluding carboxylic acids is 1. The topological polar surface area (TPSA) is 66.5 Å². The molecule has 5 nitrogen and oxygen atoms in total. The molecule has 0 aliphatic heterocycles. The number of likely N-dealkylation sites (N-methyl/N-ethyl adjacent to an activating group) is 1. The molecule has 0 aromatic heterocycles. The fourth-order valence-electron chi connectivity index (χ4n) is 2.25. The van der Waals surface area contributed by atoms with Gasteiger partial charge in [0.1, 0.15) is 5.82 Å². The van der Waals surface area contributed by atoms with E-state index in [0.717, 1.165) is 22.0 Å². The standard InChI is InChI=1S/C18H21FN2O3S/c1-13(2)14-5-4-6-16(11-14)20-18(22)12-21(3)25(23,24)17-9-7-15(19)8-10-17/h4-11,13H,12H2,1-3H3,(H,20,22). The summed E-state index contributed by atoms with van der Waals surface area (Å²) < 4.78 is 38.7. The van der Waals surface area contributed by atoms with Crippen molar-refractivity contribution < 1.29 is 17.6 Å². The largest absolute Gasteiger partial charge is 0.325 e. The molecule has 0 unspecified atom stereocenters. The third-order valence-electron chi connectivity index (χ3n) is 3.73. The number of rotatable bonds is 6. The van der Waals surface area contributed by atoms with Crippen molar-refractivity contribution in [1.29, 1.82) is 0 Å². The molecule has 0 saturated carbocycles. The van der Waals surface area contributed by atoms with Gasteiger partial charge in [-0.3, -0.25) is 4.79 Å². The minimum Gasteiger partial charge on any atom is -0.325 e. The quantitative estimate of drug-likeness (QED) is 0.856. The van der Waals surface area contributed by atoms with E-state index in [2.05, 4.69) is 5.32 Å². The summed E-state index contributed by atoms with van der Waals surface area (Å²) >= 11 is 0. The first kappa shape index (κ1) is 19.1. The van der Waals surface area contributed by atoms with Gasteiger partial charge >= 0.3 is 0 Å². The summed E-state index contributed by atoms with van der Waals surface area (Å²) in [4.78, 5) is 12.1. The Morgan fingerprint density at radius 3 is 2.40 bits per heavy atom. The molecule has 0 atom stereocenters. The molecule has 2 aromatic carbocycles. The van der Waals surface area contributed by atoms with Crippen LogP contribution in [0, 0.1) is 5.82 Å². The fourth-order valence-corrected chi connectivity index (χ4v) is 3.38. The van der Waals surface area contributed by atoms with E-state index >= 15 is 0 Å². The molecular formula is C18H21FN2O3S. The minimum atomic E-state index is -3.86. The van der Waals surface area contributed by atoms with Crippen LogP contribution < -0.4 is 5.32 Å². The first-order valence-corrected chi connectivity index (χ1v) is 9.26. The van der Waals surface area contributed by atoms with Crippen LogP contribution in [-0.2, 0) is 14.8 Å². The predicted molar refractivity (Wildman–Crippen MR) is 95.4 cm³/mol. The highest BCUT2D eigenvalue weighted by Crippen LogP contribution is 2.19. The normalized spacial score (nSPS) is 11.8. The fraction of sp³-hybridized carbons (Fsp3) is 0.278. The van der Waals surface area contributed by atoms with E-state index in [9.17, 15) is 17.6 Å². The zero-order valence-electron chi connectivity index (χ0n) is 14.4. The van der Waals surface area contributed by atoms with Crippen molar-refractivity contribution in [3.05, 3.63) is 59.9 Å². The molecule has 1 N–H and O–H groups in total. The number of nitrogens with one attached hydrogen (secondary N) is 1. The lowest BCUT2D eigenvalue weighted by atomic mass is 10.0. The van der Waals surface area contributed by atoms with Gasteiger partial charge in [-0.2, -0.15) is 4.31 Å². The summed E-state index contributed by atoms with van der Waals surface area (Å²) in [6.07, 6.45) is 0. The molecule has 0 aliphatic carbocycles. The Hall–Kier alpha value is -2.25. The number of sulfonamides is 1. The first-order chi connectivity index (χ1) is 11.7. The zero-order chi connectivity index (χ0) is 18.6. The highest BCUT2D eigenvalue weighted by molar-refractivity contribution is 7.89. The Bertz CT molecular complexity index is 849. The van der Waals surface area contributed by atoms with E-state index in [1.54, 1.807) is 6.07 Å². The van der Waals surface area contributed by atoms with Crippen molar-refractivity contribution in [3.63, 3.8) is 0 Å². The molecule has 0 radical (unpaired) electrons. The number of nitrogens with zero attached hydrogens (tertiary/aromatic N) is 1. The van der Waals surface area contributed by atoms with Crippen LogP contribution in [0.5, 0.6) is 0 Å². The van der Waals surface area contributed by atoms with Gasteiger partial charge in [0, 0.05) is 12.7 Å². The van der Waals surface area contributed by atoms with Crippen LogP contribution in [0.1, 0.15) is 25.3 Å². The van der Waals surface area contributed by atoms with Crippen LogP contribution >= 0.6 is 0 Å². The van der Waals surface area contributed by atoms with Crippen LogP contribution in [-0.4, -0.2) is 32.2 Å². The van der Waals surface area contributed by atoms with Gasteiger partial charge in [0.2, 0.25) is 15.9 Å². The molecule has 2 aromatic rings. The molecule has 0 spiro atoms. The van der Waals surface area contributed by atoms with Gasteiger partial charge < -0.3 is 5.32 Å². The molecule has 2 rings (SSSR count). The molecule has 0 saturated heterocycles. The van der Waals surface area contributed by atoms with E-state index in [0.29, 0.717) is 11.6 Å². The molecule has 134 valence electrons. The maximum Gasteiger partial charge on any atom is 0.243 e. The number of anilines is 1. The summed E-state index contributed by atoms with van der Waals surface area (Å²) in [6.45, 7) is 3.75. The van der Waals surface area contributed by atoms with E-state index in [1.165, 1.54) is 19.2 Å². The van der Waals surface area contributed by atoms with Crippen LogP contribution in [0.4, 0.5) is 10.1 Å². The maximum atomic E-state index is 12.9. The molecule has 0 bridgehead atoms. The molecule has 0 aliphatic rings. The Labute approximate surface area is 147 Å². The summed E-state index contributed by atoms with van der Waals surface area (Å²) in [5, 5.41) is 2.70. The summed E-state index contributed by atoms with van der Waals surface area (Å²) in [7, 11) is -2.55. The van der Waals surface area contributed by atoms with Gasteiger partial charge in [-0.05, 0) is 47.9 Å². The zero-order valence-corrected chi connectivity index (χ0v) is 15.2. The number of benzene rings is 2. The molecule has 25 heavy (non-hydrogen) atoms. The summed E-state index contributed by atoms with van der Waals surface area (Å²) in [5.41, 5.74) is 1.69. The second-order valence-corrected chi connectivity index (χ2v) is 8.09. The lowest BCUT2D eigenvalue weighted by molar-refractivity contribution is -0.116. The van der Waals surface area contributed by atoms with Crippen LogP contribution in [0.2, 0.25) is 0 Å². The Kier molecular flexibility index (Phi) is 5.92. The number of carbonyl (C=O) groups is 1. The van der Waals surface area contributed by atoms with Gasteiger partial charge in [0.25, 0.3) is 0 Å². The molecule has 7 heteroatoms. The van der Waals surface area contributed by atoms with Gasteiger partial charge in [0.05, 0.1) is 11.4 Å². The minimum absolute atomic E-state index is 0.0639. The molecule has 1 amide bonds. The van der Waals surface area contributed by atoms with Crippen molar-refractivity contribution in [3.8, 4) is 0 Å². The highest BCUT2D eigenvalue weighted by atomic mass is 32.2. The number of hydrogen-bond acceptors (Lipinski definition) is 3. The Balaban J connectivity index is 2.07. The molecule has 0 fully saturated rings. The van der Waals surface area contributed by atoms with Crippen LogP contribution in [0.15, 0.2) is 53.4 Å². The van der Waals surface area contributed by atoms with E-state index < -0.39 is 21.7 Å². The smallest absolute Gasteiger partial charge is 0.243 e. The van der Waals surface area contributed by atoms with Crippen molar-refractivity contribution >= 4 is 21.6 Å². The second-order valence-electron chi connectivity index (χ2n) is 6.04. The van der Waals surface area contributed by atoms with Gasteiger partial charge in [0.15, 0.2) is 0 Å². The van der Waals surface area contributed by atoms with Gasteiger partial charge in [-0.15, -0.1) is 0 Å². The third kappa shape index (κ3) is 4.87. The maximum absolute atomic E-state index is 12.9. The van der Waals surface area contributed by atoms with Crippen molar-refractivity contribution in [2.75, 3.05) is 18.9 Å².